The van der Waals surface area contributed by atoms with Crippen LogP contribution in [0.5, 0.6) is 23.0 Å². The summed E-state index contributed by atoms with van der Waals surface area (Å²) >= 11 is 1.28. The van der Waals surface area contributed by atoms with Crippen molar-refractivity contribution >= 4 is 76.8 Å². The first-order valence-electron chi connectivity index (χ1n) is 27.4. The molecule has 0 N–H and O–H groups in total. The van der Waals surface area contributed by atoms with E-state index < -0.39 is 33.8 Å². The molecule has 91 heavy (non-hydrogen) atoms. The molecule has 0 bridgehead atoms. The second-order valence-corrected chi connectivity index (χ2v) is 20.8. The fraction of sp³-hybridized carbons (Fsp3) is 0.0588. The van der Waals surface area contributed by atoms with Gasteiger partial charge in [-0.05, 0) is 109 Å². The summed E-state index contributed by atoms with van der Waals surface area (Å²) in [5.74, 6) is 2.81. The third-order valence-corrected chi connectivity index (χ3v) is 15.3. The predicted molar refractivity (Wildman–Crippen MR) is 339 cm³/mol. The smallest absolute Gasteiger partial charge is 0.347 e. The van der Waals surface area contributed by atoms with Gasteiger partial charge in [0, 0.05) is 46.5 Å². The van der Waals surface area contributed by atoms with Crippen LogP contribution in [-0.2, 0) is 0 Å². The van der Waals surface area contributed by atoms with Crippen LogP contribution in [0.4, 0.5) is 0 Å². The van der Waals surface area contributed by atoms with Crippen LogP contribution in [0.2, 0.25) is 0 Å². The molecule has 0 aliphatic rings. The Morgan fingerprint density at radius 1 is 0.264 bits per heavy atom. The molecule has 0 amide bonds. The number of nitrogens with zero attached hydrogens (tertiary/aromatic N) is 6. The van der Waals surface area contributed by atoms with Gasteiger partial charge in [0.1, 0.15) is 0 Å². The monoisotopic (exact) mass is 1230 g/mol. The van der Waals surface area contributed by atoms with Gasteiger partial charge in [-0.25, -0.2) is 58.7 Å². The van der Waals surface area contributed by atoms with Crippen molar-refractivity contribution in [3.05, 3.63) is 245 Å². The van der Waals surface area contributed by atoms with Crippen molar-refractivity contribution in [3.8, 4) is 90.4 Å². The van der Waals surface area contributed by atoms with Crippen LogP contribution in [0.15, 0.2) is 237 Å². The molecule has 0 radical (unpaired) electrons. The third-order valence-electron chi connectivity index (χ3n) is 14.2. The first-order chi connectivity index (χ1) is 44.3. The average Bonchev–Trinajstić information content (AvgIpc) is 1.48. The maximum atomic E-state index is 12.6. The van der Waals surface area contributed by atoms with E-state index in [1.54, 1.807) is 146 Å². The Balaban J connectivity index is 0.000000127. The Labute approximate surface area is 513 Å². The van der Waals surface area contributed by atoms with E-state index in [0.29, 0.717) is 110 Å². The number of aromatic nitrogens is 6. The summed E-state index contributed by atoms with van der Waals surface area (Å²) in [7, 11) is 5.96. The number of methoxy groups -OCH3 is 4. The largest absolute Gasteiger partial charge is 0.493 e. The fourth-order valence-electron chi connectivity index (χ4n) is 9.66. The van der Waals surface area contributed by atoms with Crippen molar-refractivity contribution in [1.29, 1.82) is 0 Å². The molecule has 0 saturated heterocycles. The summed E-state index contributed by atoms with van der Waals surface area (Å²) in [6.07, 6.45) is 0. The average molecular weight is 1230 g/mol. The fourth-order valence-corrected chi connectivity index (χ4v) is 10.5. The molecular weight excluding hydrogens is 1190 g/mol. The molecule has 0 aliphatic heterocycles. The molecule has 0 spiro atoms. The van der Waals surface area contributed by atoms with Gasteiger partial charge in [-0.3, -0.25) is 0 Å². The van der Waals surface area contributed by atoms with Gasteiger partial charge in [0.2, 0.25) is 35.3 Å². The topological polar surface area (TPSA) is 296 Å². The number of fused-ring (bicyclic) bond motifs is 6. The normalized spacial score (nSPS) is 11.1. The Morgan fingerprint density at radius 2 is 0.495 bits per heavy atom. The van der Waals surface area contributed by atoms with Gasteiger partial charge in [-0.2, -0.15) is 0 Å². The maximum absolute atomic E-state index is 12.6. The minimum atomic E-state index is -0.563. The van der Waals surface area contributed by atoms with Gasteiger partial charge in [0.25, 0.3) is 0 Å². The number of hydrogen-bond donors (Lipinski definition) is 0. The molecule has 23 heteroatoms. The number of rotatable bonds is 10. The molecule has 15 rings (SSSR count). The van der Waals surface area contributed by atoms with E-state index in [0.717, 1.165) is 0 Å². The van der Waals surface area contributed by atoms with Crippen LogP contribution in [0, 0.1) is 0 Å². The first kappa shape index (κ1) is 57.6. The second kappa shape index (κ2) is 24.3. The Kier molecular flexibility index (Phi) is 15.4. The molecule has 7 aromatic heterocycles. The quantitative estimate of drug-likeness (QED) is 0.123. The Hall–Kier alpha value is -12.5. The minimum absolute atomic E-state index is 0.121. The molecule has 0 saturated carbocycles. The van der Waals surface area contributed by atoms with Crippen LogP contribution < -0.4 is 52.7 Å². The second-order valence-electron chi connectivity index (χ2n) is 19.7. The molecule has 8 aromatic carbocycles. The minimum Gasteiger partial charge on any atom is -0.493 e. The Bertz CT molecular complexity index is 5370. The summed E-state index contributed by atoms with van der Waals surface area (Å²) < 4.78 is 53.4. The van der Waals surface area contributed by atoms with Crippen LogP contribution in [0.3, 0.4) is 0 Å². The molecule has 0 unspecified atom stereocenters. The van der Waals surface area contributed by atoms with Gasteiger partial charge in [0.15, 0.2) is 23.0 Å². The third kappa shape index (κ3) is 11.4. The summed E-state index contributed by atoms with van der Waals surface area (Å²) in [6.45, 7) is 0. The van der Waals surface area contributed by atoms with Crippen molar-refractivity contribution in [3.63, 3.8) is 0 Å². The lowest BCUT2D eigenvalue weighted by Gasteiger charge is -2.09. The number of para-hydroxylation sites is 4. The van der Waals surface area contributed by atoms with E-state index in [-0.39, 0.29) is 46.1 Å². The van der Waals surface area contributed by atoms with Gasteiger partial charge in [-0.1, -0.05) is 48.5 Å². The highest BCUT2D eigenvalue weighted by atomic mass is 32.1. The standard InChI is InChI=1S/C26H20N2O8.C22H12N2O4.C20H10N2O4S/c1-31-19-9-15-17(11-21(19)33-3)27-23(35-25(15)29)13-5-7-14(8-6-13)24-28-18-12-22(34-4)20(32-2)10-16(18)26(30)36-24;25-21-15-5-1-3-7-17(15)23-19(27-21)13-9-11-14(12-10-13)20-24-18-8-4-2-6-16(18)22(26)28-20;23-19-11-5-1-3-7-13(11)21-17(25-19)15-9-10-16(27-15)18-22-14-8-4-2-6-12(14)20(24)26-18/h5-12H,1-4H3;1-12H;1-10H. The van der Waals surface area contributed by atoms with Crippen molar-refractivity contribution in [1.82, 2.24) is 29.9 Å². The summed E-state index contributed by atoms with van der Waals surface area (Å²) in [6, 6.07) is 51.6. The van der Waals surface area contributed by atoms with E-state index in [1.807, 2.05) is 24.3 Å². The lowest BCUT2D eigenvalue weighted by molar-refractivity contribution is 0.355. The molecule has 15 aromatic rings. The van der Waals surface area contributed by atoms with E-state index in [4.69, 9.17) is 45.5 Å². The van der Waals surface area contributed by atoms with E-state index in [9.17, 15) is 28.8 Å². The van der Waals surface area contributed by atoms with E-state index in [1.165, 1.54) is 51.9 Å². The van der Waals surface area contributed by atoms with Gasteiger partial charge in [0.05, 0.1) is 104 Å². The predicted octanol–water partition coefficient (Wildman–Crippen LogP) is 12.2. The maximum Gasteiger partial charge on any atom is 0.347 e. The molecule has 0 aliphatic carbocycles. The van der Waals surface area contributed by atoms with E-state index in [2.05, 4.69) is 29.9 Å². The number of hydrogen-bond acceptors (Lipinski definition) is 23. The van der Waals surface area contributed by atoms with E-state index >= 15 is 0 Å². The zero-order valence-electron chi connectivity index (χ0n) is 47.9. The van der Waals surface area contributed by atoms with Gasteiger partial charge in [-0.15, -0.1) is 11.3 Å². The van der Waals surface area contributed by atoms with Crippen LogP contribution in [0.1, 0.15) is 0 Å². The highest BCUT2D eigenvalue weighted by Gasteiger charge is 2.19. The SMILES string of the molecule is COc1cc2nc(-c3ccc(-c4nc5cc(OC)c(OC)cc5c(=O)o4)cc3)oc(=O)c2cc1OC.O=c1oc(-c2ccc(-c3nc4ccccc4c(=O)o3)cc2)nc2ccccc12.O=c1oc(-c2ccc(-c3nc4ccccc4c(=O)o3)s2)nc2ccccc12. The molecule has 0 fully saturated rings. The van der Waals surface area contributed by atoms with Crippen LogP contribution >= 0.6 is 11.3 Å². The summed E-state index contributed by atoms with van der Waals surface area (Å²) in [5, 5.41) is 2.26. The first-order valence-corrected chi connectivity index (χ1v) is 28.2. The zero-order valence-corrected chi connectivity index (χ0v) is 48.8. The molecule has 446 valence electrons. The lowest BCUT2D eigenvalue weighted by atomic mass is 10.1. The van der Waals surface area contributed by atoms with Crippen LogP contribution in [0.25, 0.3) is 133 Å². The molecule has 22 nitrogen and oxygen atoms in total. The van der Waals surface area contributed by atoms with Gasteiger partial charge >= 0.3 is 33.8 Å². The Morgan fingerprint density at radius 3 is 0.780 bits per heavy atom. The highest BCUT2D eigenvalue weighted by Crippen LogP contribution is 2.36. The number of thiophene rings is 1. The van der Waals surface area contributed by atoms with Crippen molar-refractivity contribution in [2.75, 3.05) is 28.4 Å². The lowest BCUT2D eigenvalue weighted by Crippen LogP contribution is -2.05. The molecule has 7 heterocycles. The van der Waals surface area contributed by atoms with Gasteiger partial charge < -0.3 is 45.5 Å². The van der Waals surface area contributed by atoms with Crippen molar-refractivity contribution < 1.29 is 45.5 Å². The summed E-state index contributed by atoms with van der Waals surface area (Å²) in [4.78, 5) is 102. The van der Waals surface area contributed by atoms with Crippen molar-refractivity contribution in [2.45, 2.75) is 0 Å². The molecular formula is C68H42N6O16S. The summed E-state index contributed by atoms with van der Waals surface area (Å²) in [5.41, 5.74) is 2.53. The van der Waals surface area contributed by atoms with Crippen molar-refractivity contribution in [2.24, 2.45) is 0 Å². The zero-order chi connectivity index (χ0) is 62.9. The highest BCUT2D eigenvalue weighted by molar-refractivity contribution is 7.18. The van der Waals surface area contributed by atoms with Crippen LogP contribution in [-0.4, -0.2) is 58.3 Å². The number of ether oxygens (including phenoxy) is 4. The molecule has 0 atom stereocenters. The number of benzene rings is 8.